The average molecular weight is 196 g/mol. The van der Waals surface area contributed by atoms with Crippen LogP contribution in [0.1, 0.15) is 13.8 Å². The molecule has 74 valence electrons. The Hall–Kier alpha value is -1.65. The number of hydrogen-bond donors (Lipinski definition) is 0. The number of carbonyl (C=O) groups excluding carboxylic acids is 3. The Morgan fingerprint density at radius 3 is 2.29 bits per heavy atom. The Balaban J connectivity index is 2.63. The quantitative estimate of drug-likeness (QED) is 0.308. The summed E-state index contributed by atoms with van der Waals surface area (Å²) in [5.41, 5.74) is -0.753. The van der Waals surface area contributed by atoms with Gasteiger partial charge in [0.05, 0.1) is 5.57 Å². The third kappa shape index (κ3) is 0.982. The maximum atomic E-state index is 11.3. The van der Waals surface area contributed by atoms with E-state index in [0.717, 1.165) is 0 Å². The fraction of sp³-hybridized carbons (Fsp3) is 0.444. The van der Waals surface area contributed by atoms with E-state index in [-0.39, 0.29) is 17.8 Å². The van der Waals surface area contributed by atoms with Crippen LogP contribution in [0.2, 0.25) is 0 Å². The number of carbonyl (C=O) groups is 3. The zero-order valence-corrected chi connectivity index (χ0v) is 7.75. The second-order valence-electron chi connectivity index (χ2n) is 3.89. The first-order valence-corrected chi connectivity index (χ1v) is 4.12. The molecule has 0 spiro atoms. The fourth-order valence-electron chi connectivity index (χ4n) is 1.58. The van der Waals surface area contributed by atoms with Crippen molar-refractivity contribution in [1.82, 2.24) is 0 Å². The molecule has 0 amide bonds. The van der Waals surface area contributed by atoms with Crippen LogP contribution >= 0.6 is 0 Å². The van der Waals surface area contributed by atoms with Crippen molar-refractivity contribution in [2.45, 2.75) is 13.8 Å². The monoisotopic (exact) mass is 196 g/mol. The third-order valence-corrected chi connectivity index (χ3v) is 2.29. The van der Waals surface area contributed by atoms with Crippen LogP contribution < -0.4 is 0 Å². The van der Waals surface area contributed by atoms with Crippen LogP contribution in [-0.4, -0.2) is 24.5 Å². The van der Waals surface area contributed by atoms with E-state index >= 15 is 0 Å². The van der Waals surface area contributed by atoms with Crippen LogP contribution in [-0.2, 0) is 23.9 Å². The minimum Gasteiger partial charge on any atom is -0.461 e. The SMILES string of the molecule is CC1(C)COC(=O)C2=C1C(=O)OC2=O. The van der Waals surface area contributed by atoms with Gasteiger partial charge in [-0.05, 0) is 0 Å². The summed E-state index contributed by atoms with van der Waals surface area (Å²) in [5, 5.41) is 0. The van der Waals surface area contributed by atoms with Crippen molar-refractivity contribution in [3.8, 4) is 0 Å². The van der Waals surface area contributed by atoms with E-state index in [1.807, 2.05) is 0 Å². The van der Waals surface area contributed by atoms with Gasteiger partial charge in [0, 0.05) is 5.41 Å². The van der Waals surface area contributed by atoms with Gasteiger partial charge < -0.3 is 9.47 Å². The smallest absolute Gasteiger partial charge is 0.354 e. The van der Waals surface area contributed by atoms with Gasteiger partial charge in [-0.3, -0.25) is 0 Å². The van der Waals surface area contributed by atoms with Crippen molar-refractivity contribution in [3.63, 3.8) is 0 Å². The van der Waals surface area contributed by atoms with E-state index in [4.69, 9.17) is 4.74 Å². The Kier molecular flexibility index (Phi) is 1.55. The summed E-state index contributed by atoms with van der Waals surface area (Å²) in [6.45, 7) is 3.52. The fourth-order valence-corrected chi connectivity index (χ4v) is 1.58. The Bertz CT molecular complexity index is 388. The van der Waals surface area contributed by atoms with Gasteiger partial charge >= 0.3 is 17.9 Å². The van der Waals surface area contributed by atoms with Crippen LogP contribution in [0.15, 0.2) is 11.1 Å². The lowest BCUT2D eigenvalue weighted by molar-refractivity contribution is -0.151. The minimum absolute atomic E-state index is 0.0903. The van der Waals surface area contributed by atoms with Gasteiger partial charge in [-0.25, -0.2) is 14.4 Å². The molecule has 5 heteroatoms. The summed E-state index contributed by atoms with van der Waals surface area (Å²) in [4.78, 5) is 33.6. The van der Waals surface area contributed by atoms with Crippen molar-refractivity contribution >= 4 is 17.9 Å². The first kappa shape index (κ1) is 8.93. The highest BCUT2D eigenvalue weighted by molar-refractivity contribution is 6.26. The van der Waals surface area contributed by atoms with Crippen LogP contribution in [0.5, 0.6) is 0 Å². The number of cyclic esters (lactones) is 3. The Morgan fingerprint density at radius 1 is 1.07 bits per heavy atom. The summed E-state index contributed by atoms with van der Waals surface area (Å²) < 4.78 is 9.14. The molecule has 0 saturated heterocycles. The van der Waals surface area contributed by atoms with Gasteiger partial charge in [-0.1, -0.05) is 13.8 Å². The third-order valence-electron chi connectivity index (χ3n) is 2.29. The lowest BCUT2D eigenvalue weighted by Crippen LogP contribution is -2.33. The van der Waals surface area contributed by atoms with E-state index in [1.165, 1.54) is 0 Å². The number of esters is 3. The number of ether oxygens (including phenoxy) is 2. The molecule has 0 aromatic carbocycles. The van der Waals surface area contributed by atoms with E-state index in [9.17, 15) is 14.4 Å². The molecular formula is C9H8O5. The zero-order chi connectivity index (χ0) is 10.5. The average Bonchev–Trinajstić information content (AvgIpc) is 2.36. The Morgan fingerprint density at radius 2 is 1.71 bits per heavy atom. The maximum absolute atomic E-state index is 11.3. The number of hydrogen-bond acceptors (Lipinski definition) is 5. The second kappa shape index (κ2) is 2.43. The first-order valence-electron chi connectivity index (χ1n) is 4.12. The van der Waals surface area contributed by atoms with Crippen molar-refractivity contribution in [1.29, 1.82) is 0 Å². The molecule has 0 aromatic heterocycles. The maximum Gasteiger partial charge on any atom is 0.354 e. The van der Waals surface area contributed by atoms with Crippen LogP contribution in [0.25, 0.3) is 0 Å². The summed E-state index contributed by atoms with van der Waals surface area (Å²) in [5.74, 6) is -2.40. The molecular weight excluding hydrogens is 188 g/mol. The van der Waals surface area contributed by atoms with Crippen molar-refractivity contribution in [2.75, 3.05) is 6.61 Å². The topological polar surface area (TPSA) is 69.7 Å². The second-order valence-corrected chi connectivity index (χ2v) is 3.89. The molecule has 0 N–H and O–H groups in total. The summed E-state index contributed by atoms with van der Waals surface area (Å²) in [6.07, 6.45) is 0. The summed E-state index contributed by atoms with van der Waals surface area (Å²) >= 11 is 0. The molecule has 0 radical (unpaired) electrons. The molecule has 2 rings (SSSR count). The Labute approximate surface area is 79.7 Å². The molecule has 0 aliphatic carbocycles. The molecule has 0 fully saturated rings. The van der Waals surface area contributed by atoms with E-state index in [0.29, 0.717) is 0 Å². The molecule has 0 saturated carbocycles. The minimum atomic E-state index is -0.900. The molecule has 2 aliphatic heterocycles. The van der Waals surface area contributed by atoms with Gasteiger partial charge in [0.25, 0.3) is 0 Å². The van der Waals surface area contributed by atoms with Crippen LogP contribution in [0.3, 0.4) is 0 Å². The lowest BCUT2D eigenvalue weighted by atomic mass is 9.81. The molecule has 0 atom stereocenters. The van der Waals surface area contributed by atoms with Crippen molar-refractivity contribution in [2.24, 2.45) is 5.41 Å². The van der Waals surface area contributed by atoms with Crippen LogP contribution in [0, 0.1) is 5.41 Å². The highest BCUT2D eigenvalue weighted by Gasteiger charge is 2.49. The highest BCUT2D eigenvalue weighted by atomic mass is 16.6. The molecule has 2 heterocycles. The largest absolute Gasteiger partial charge is 0.461 e. The normalized spacial score (nSPS) is 24.6. The van der Waals surface area contributed by atoms with Gasteiger partial charge in [0.2, 0.25) is 0 Å². The molecule has 5 nitrogen and oxygen atoms in total. The summed E-state index contributed by atoms with van der Waals surface area (Å²) in [6, 6.07) is 0. The summed E-state index contributed by atoms with van der Waals surface area (Å²) in [7, 11) is 0. The highest BCUT2D eigenvalue weighted by Crippen LogP contribution is 2.38. The van der Waals surface area contributed by atoms with Crippen LogP contribution in [0.4, 0.5) is 0 Å². The van der Waals surface area contributed by atoms with E-state index in [2.05, 4.69) is 4.74 Å². The van der Waals surface area contributed by atoms with Gasteiger partial charge in [0.15, 0.2) is 5.57 Å². The predicted molar refractivity (Wildman–Crippen MR) is 42.9 cm³/mol. The van der Waals surface area contributed by atoms with Gasteiger partial charge in [-0.15, -0.1) is 0 Å². The van der Waals surface area contributed by atoms with Gasteiger partial charge in [0.1, 0.15) is 6.61 Å². The molecule has 0 aromatic rings. The standard InChI is InChI=1S/C9H8O5/c1-9(2)3-13-6(10)4-5(9)8(12)14-7(4)11/h3H2,1-2H3. The first-order chi connectivity index (χ1) is 6.43. The van der Waals surface area contributed by atoms with E-state index < -0.39 is 23.3 Å². The predicted octanol–water partition coefficient (Wildman–Crippen LogP) is -0.0506. The van der Waals surface area contributed by atoms with Crippen molar-refractivity contribution in [3.05, 3.63) is 11.1 Å². The van der Waals surface area contributed by atoms with Gasteiger partial charge in [-0.2, -0.15) is 0 Å². The molecule has 0 bridgehead atoms. The molecule has 0 unspecified atom stereocenters. The molecule has 2 aliphatic rings. The zero-order valence-electron chi connectivity index (χ0n) is 7.75. The number of rotatable bonds is 0. The van der Waals surface area contributed by atoms with E-state index in [1.54, 1.807) is 13.8 Å². The lowest BCUT2D eigenvalue weighted by Gasteiger charge is -2.27. The van der Waals surface area contributed by atoms with Crippen molar-refractivity contribution < 1.29 is 23.9 Å². The molecule has 14 heavy (non-hydrogen) atoms.